The van der Waals surface area contributed by atoms with Crippen molar-refractivity contribution in [1.29, 1.82) is 0 Å². The SMILES string of the molecule is Cn1cnc(C(=O)N2CCC3(CC3C(=O)NC3CCC3)C2)n1. The fourth-order valence-corrected chi connectivity index (χ4v) is 3.67. The Morgan fingerprint density at radius 1 is 1.41 bits per heavy atom. The van der Waals surface area contributed by atoms with Crippen molar-refractivity contribution in [2.24, 2.45) is 18.4 Å². The van der Waals surface area contributed by atoms with Crippen LogP contribution in [0.5, 0.6) is 0 Å². The maximum Gasteiger partial charge on any atom is 0.293 e. The maximum atomic E-state index is 12.4. The third-order valence-corrected chi connectivity index (χ3v) is 5.42. The zero-order chi connectivity index (χ0) is 15.3. The Morgan fingerprint density at radius 2 is 2.23 bits per heavy atom. The minimum absolute atomic E-state index is 0.0122. The van der Waals surface area contributed by atoms with E-state index in [4.69, 9.17) is 0 Å². The average Bonchev–Trinajstić information content (AvgIpc) is 2.79. The van der Waals surface area contributed by atoms with Crippen LogP contribution < -0.4 is 5.32 Å². The van der Waals surface area contributed by atoms with Crippen molar-refractivity contribution in [2.45, 2.75) is 38.1 Å². The molecule has 0 bridgehead atoms. The molecule has 7 heteroatoms. The molecule has 4 rings (SSSR count). The van der Waals surface area contributed by atoms with Crippen LogP contribution in [-0.4, -0.2) is 50.6 Å². The molecule has 2 aliphatic carbocycles. The predicted molar refractivity (Wildman–Crippen MR) is 77.8 cm³/mol. The summed E-state index contributed by atoms with van der Waals surface area (Å²) in [5.74, 6) is 0.399. The van der Waals surface area contributed by atoms with Crippen LogP contribution in [0.15, 0.2) is 6.33 Å². The summed E-state index contributed by atoms with van der Waals surface area (Å²) in [6.07, 6.45) is 6.80. The van der Waals surface area contributed by atoms with Gasteiger partial charge in [-0.1, -0.05) is 0 Å². The molecule has 7 nitrogen and oxygen atoms in total. The molecule has 118 valence electrons. The lowest BCUT2D eigenvalue weighted by atomic mass is 9.92. The number of hydrogen-bond donors (Lipinski definition) is 1. The molecule has 1 aromatic heterocycles. The molecule has 0 aromatic carbocycles. The van der Waals surface area contributed by atoms with E-state index in [2.05, 4.69) is 15.4 Å². The summed E-state index contributed by atoms with van der Waals surface area (Å²) in [5.41, 5.74) is 0.0122. The minimum Gasteiger partial charge on any atom is -0.353 e. The van der Waals surface area contributed by atoms with Gasteiger partial charge < -0.3 is 10.2 Å². The Hall–Kier alpha value is -1.92. The van der Waals surface area contributed by atoms with Crippen molar-refractivity contribution in [1.82, 2.24) is 25.0 Å². The van der Waals surface area contributed by atoms with Gasteiger partial charge in [-0.05, 0) is 32.1 Å². The monoisotopic (exact) mass is 303 g/mol. The van der Waals surface area contributed by atoms with Crippen molar-refractivity contribution in [3.63, 3.8) is 0 Å². The zero-order valence-electron chi connectivity index (χ0n) is 12.8. The zero-order valence-corrected chi connectivity index (χ0v) is 12.8. The molecule has 3 aliphatic rings. The first-order valence-electron chi connectivity index (χ1n) is 8.03. The summed E-state index contributed by atoms with van der Waals surface area (Å²) in [6.45, 7) is 1.36. The smallest absolute Gasteiger partial charge is 0.293 e. The molecular formula is C15H21N5O2. The molecule has 1 aliphatic heterocycles. The van der Waals surface area contributed by atoms with Gasteiger partial charge in [0.05, 0.1) is 0 Å². The first kappa shape index (κ1) is 13.7. The first-order chi connectivity index (χ1) is 10.6. The number of carbonyl (C=O) groups is 2. The Bertz CT molecular complexity index is 623. The van der Waals surface area contributed by atoms with E-state index < -0.39 is 0 Å². The van der Waals surface area contributed by atoms with E-state index in [1.165, 1.54) is 17.4 Å². The lowest BCUT2D eigenvalue weighted by Crippen LogP contribution is -2.41. The second-order valence-electron chi connectivity index (χ2n) is 6.97. The average molecular weight is 303 g/mol. The van der Waals surface area contributed by atoms with Crippen molar-refractivity contribution < 1.29 is 9.59 Å². The molecule has 1 spiro atoms. The van der Waals surface area contributed by atoms with Crippen LogP contribution in [0.4, 0.5) is 0 Å². The van der Waals surface area contributed by atoms with Crippen LogP contribution in [0.1, 0.15) is 42.7 Å². The van der Waals surface area contributed by atoms with Crippen LogP contribution in [0.25, 0.3) is 0 Å². The summed E-state index contributed by atoms with van der Waals surface area (Å²) in [7, 11) is 1.75. The summed E-state index contributed by atoms with van der Waals surface area (Å²) >= 11 is 0. The second-order valence-corrected chi connectivity index (χ2v) is 6.97. The topological polar surface area (TPSA) is 80.1 Å². The van der Waals surface area contributed by atoms with Crippen LogP contribution >= 0.6 is 0 Å². The largest absolute Gasteiger partial charge is 0.353 e. The van der Waals surface area contributed by atoms with Crippen molar-refractivity contribution in [3.05, 3.63) is 12.2 Å². The van der Waals surface area contributed by atoms with E-state index >= 15 is 0 Å². The maximum absolute atomic E-state index is 12.4. The van der Waals surface area contributed by atoms with E-state index in [1.807, 2.05) is 0 Å². The standard InChI is InChI=1S/C15H21N5O2/c1-19-9-16-12(18-19)14(22)20-6-5-15(8-20)7-11(15)13(21)17-10-3-2-4-10/h9-11H,2-8H2,1H3,(H,17,21). The molecule has 2 amide bonds. The van der Waals surface area contributed by atoms with Crippen molar-refractivity contribution >= 4 is 11.8 Å². The second kappa shape index (κ2) is 4.79. The fourth-order valence-electron chi connectivity index (χ4n) is 3.67. The highest BCUT2D eigenvalue weighted by Crippen LogP contribution is 2.58. The summed E-state index contributed by atoms with van der Waals surface area (Å²) in [4.78, 5) is 30.5. The molecule has 22 heavy (non-hydrogen) atoms. The number of hydrogen-bond acceptors (Lipinski definition) is 4. The molecule has 2 heterocycles. The van der Waals surface area contributed by atoms with Crippen LogP contribution in [0.2, 0.25) is 0 Å². The molecular weight excluding hydrogens is 282 g/mol. The van der Waals surface area contributed by atoms with Gasteiger partial charge in [0.25, 0.3) is 5.91 Å². The quantitative estimate of drug-likeness (QED) is 0.873. The van der Waals surface area contributed by atoms with Gasteiger partial charge >= 0.3 is 0 Å². The molecule has 1 N–H and O–H groups in total. The number of nitrogens with one attached hydrogen (secondary N) is 1. The van der Waals surface area contributed by atoms with Gasteiger partial charge in [0, 0.05) is 37.5 Å². The summed E-state index contributed by atoms with van der Waals surface area (Å²) < 4.78 is 1.53. The Balaban J connectivity index is 1.36. The normalized spacial score (nSPS) is 30.4. The Labute approximate surface area is 129 Å². The highest BCUT2D eigenvalue weighted by molar-refractivity contribution is 5.91. The summed E-state index contributed by atoms with van der Waals surface area (Å²) in [5, 5.41) is 7.21. The van der Waals surface area contributed by atoms with Crippen LogP contribution in [-0.2, 0) is 11.8 Å². The van der Waals surface area contributed by atoms with E-state index in [0.717, 1.165) is 25.7 Å². The molecule has 1 aromatic rings. The van der Waals surface area contributed by atoms with Gasteiger partial charge in [-0.2, -0.15) is 0 Å². The Morgan fingerprint density at radius 3 is 2.86 bits per heavy atom. The Kier molecular flexibility index (Phi) is 2.99. The number of rotatable bonds is 3. The molecule has 2 atom stereocenters. The van der Waals surface area contributed by atoms with E-state index in [9.17, 15) is 9.59 Å². The van der Waals surface area contributed by atoms with Gasteiger partial charge in [-0.25, -0.2) is 4.98 Å². The number of likely N-dealkylation sites (tertiary alicyclic amines) is 1. The van der Waals surface area contributed by atoms with Crippen LogP contribution in [0, 0.1) is 11.3 Å². The van der Waals surface area contributed by atoms with E-state index in [0.29, 0.717) is 19.1 Å². The van der Waals surface area contributed by atoms with E-state index in [1.54, 1.807) is 11.9 Å². The van der Waals surface area contributed by atoms with Gasteiger partial charge in [0.2, 0.25) is 11.7 Å². The molecule has 2 unspecified atom stereocenters. The number of aromatic nitrogens is 3. The number of carbonyl (C=O) groups excluding carboxylic acids is 2. The number of nitrogens with zero attached hydrogens (tertiary/aromatic N) is 4. The van der Waals surface area contributed by atoms with Crippen molar-refractivity contribution in [2.75, 3.05) is 13.1 Å². The molecule has 0 radical (unpaired) electrons. The third kappa shape index (κ3) is 2.19. The highest BCUT2D eigenvalue weighted by Gasteiger charge is 2.61. The van der Waals surface area contributed by atoms with Gasteiger partial charge in [0.1, 0.15) is 6.33 Å². The third-order valence-electron chi connectivity index (χ3n) is 5.42. The lowest BCUT2D eigenvalue weighted by Gasteiger charge is -2.26. The number of amides is 2. The van der Waals surface area contributed by atoms with Crippen molar-refractivity contribution in [3.8, 4) is 0 Å². The van der Waals surface area contributed by atoms with Gasteiger partial charge in [0.15, 0.2) is 0 Å². The van der Waals surface area contributed by atoms with Gasteiger partial charge in [-0.3, -0.25) is 14.3 Å². The number of aryl methyl sites for hydroxylation is 1. The first-order valence-corrected chi connectivity index (χ1v) is 8.03. The van der Waals surface area contributed by atoms with E-state index in [-0.39, 0.29) is 29.0 Å². The fraction of sp³-hybridized carbons (Fsp3) is 0.733. The summed E-state index contributed by atoms with van der Waals surface area (Å²) in [6, 6.07) is 0.391. The predicted octanol–water partition coefficient (Wildman–Crippen LogP) is 0.336. The molecule has 1 saturated heterocycles. The van der Waals surface area contributed by atoms with Gasteiger partial charge in [-0.15, -0.1) is 5.10 Å². The lowest BCUT2D eigenvalue weighted by molar-refractivity contribution is -0.124. The minimum atomic E-state index is -0.123. The molecule has 2 saturated carbocycles. The van der Waals surface area contributed by atoms with Crippen LogP contribution in [0.3, 0.4) is 0 Å². The molecule has 3 fully saturated rings. The highest BCUT2D eigenvalue weighted by atomic mass is 16.2.